The topological polar surface area (TPSA) is 89.6 Å². The maximum absolute atomic E-state index is 12.4. The largest absolute Gasteiger partial charge is 0.486 e. The Hall–Kier alpha value is -3.87. The van der Waals surface area contributed by atoms with Crippen LogP contribution in [0.3, 0.4) is 0 Å². The van der Waals surface area contributed by atoms with Gasteiger partial charge in [0, 0.05) is 24.4 Å². The molecule has 0 spiro atoms. The van der Waals surface area contributed by atoms with Gasteiger partial charge in [0.25, 0.3) is 5.91 Å². The lowest BCUT2D eigenvalue weighted by molar-refractivity contribution is -0.114. The van der Waals surface area contributed by atoms with E-state index in [2.05, 4.69) is 15.6 Å². The maximum atomic E-state index is 12.4. The van der Waals surface area contributed by atoms with Gasteiger partial charge in [-0.2, -0.15) is 0 Å². The molecule has 1 aromatic heterocycles. The van der Waals surface area contributed by atoms with E-state index in [9.17, 15) is 9.59 Å². The number of hydrogen-bond acceptors (Lipinski definition) is 5. The number of pyridine rings is 1. The normalized spacial score (nSPS) is 14.6. The molecule has 2 aromatic carbocycles. The molecule has 1 aliphatic rings. The predicted molar refractivity (Wildman–Crippen MR) is 113 cm³/mol. The number of fused-ring (bicyclic) bond motifs is 1. The Morgan fingerprint density at radius 1 is 1.03 bits per heavy atom. The Morgan fingerprint density at radius 2 is 1.80 bits per heavy atom. The molecule has 4 rings (SSSR count). The lowest BCUT2D eigenvalue weighted by Crippen LogP contribution is -2.40. The van der Waals surface area contributed by atoms with E-state index in [0.717, 1.165) is 16.9 Å². The van der Waals surface area contributed by atoms with Gasteiger partial charge in [0.1, 0.15) is 12.7 Å². The Morgan fingerprint density at radius 3 is 2.50 bits per heavy atom. The van der Waals surface area contributed by atoms with Gasteiger partial charge in [0.05, 0.1) is 17.8 Å². The number of nitrogens with one attached hydrogen (secondary N) is 2. The second kappa shape index (κ2) is 8.65. The lowest BCUT2D eigenvalue weighted by atomic mass is 10.1. The van der Waals surface area contributed by atoms with Crippen LogP contribution in [0.4, 0.5) is 5.69 Å². The minimum absolute atomic E-state index is 0.120. The van der Waals surface area contributed by atoms with Crippen molar-refractivity contribution in [2.45, 2.75) is 13.0 Å². The van der Waals surface area contributed by atoms with E-state index in [1.165, 1.54) is 6.92 Å². The second-order valence-electron chi connectivity index (χ2n) is 6.90. The first-order valence-corrected chi connectivity index (χ1v) is 9.59. The number of para-hydroxylation sites is 2. The van der Waals surface area contributed by atoms with Gasteiger partial charge < -0.3 is 20.1 Å². The van der Waals surface area contributed by atoms with Gasteiger partial charge in [-0.15, -0.1) is 0 Å². The fourth-order valence-electron chi connectivity index (χ4n) is 3.10. The van der Waals surface area contributed by atoms with E-state index < -0.39 is 0 Å². The highest BCUT2D eigenvalue weighted by Gasteiger charge is 2.21. The number of carbonyl (C=O) groups excluding carboxylic acids is 2. The molecule has 7 nitrogen and oxygen atoms in total. The molecular formula is C23H21N3O4. The number of rotatable bonds is 5. The van der Waals surface area contributed by atoms with Gasteiger partial charge in [-0.05, 0) is 36.4 Å². The van der Waals surface area contributed by atoms with Crippen LogP contribution < -0.4 is 20.1 Å². The van der Waals surface area contributed by atoms with E-state index in [1.54, 1.807) is 18.3 Å². The second-order valence-corrected chi connectivity index (χ2v) is 6.90. The number of benzene rings is 2. The Balaban J connectivity index is 1.34. The third-order valence-electron chi connectivity index (χ3n) is 4.58. The van der Waals surface area contributed by atoms with Crippen LogP contribution in [0.2, 0.25) is 0 Å². The number of nitrogens with zero attached hydrogens (tertiary/aromatic N) is 1. The zero-order valence-electron chi connectivity index (χ0n) is 16.4. The van der Waals surface area contributed by atoms with Crippen LogP contribution >= 0.6 is 0 Å². The maximum Gasteiger partial charge on any atom is 0.252 e. The average molecular weight is 403 g/mol. The number of ether oxygens (including phenoxy) is 2. The molecular weight excluding hydrogens is 382 g/mol. The lowest BCUT2D eigenvalue weighted by Gasteiger charge is -2.26. The van der Waals surface area contributed by atoms with Crippen molar-refractivity contribution >= 4 is 17.5 Å². The highest BCUT2D eigenvalue weighted by Crippen LogP contribution is 2.30. The molecule has 1 atom stereocenters. The molecule has 0 radical (unpaired) electrons. The summed E-state index contributed by atoms with van der Waals surface area (Å²) in [7, 11) is 0. The third-order valence-corrected chi connectivity index (χ3v) is 4.58. The van der Waals surface area contributed by atoms with Crippen molar-refractivity contribution in [2.75, 3.05) is 18.5 Å². The van der Waals surface area contributed by atoms with Crippen LogP contribution in [0.25, 0.3) is 11.3 Å². The Labute approximate surface area is 174 Å². The van der Waals surface area contributed by atoms with Gasteiger partial charge in [-0.25, -0.2) is 0 Å². The first-order valence-electron chi connectivity index (χ1n) is 9.59. The highest BCUT2D eigenvalue weighted by molar-refractivity contribution is 5.94. The summed E-state index contributed by atoms with van der Waals surface area (Å²) >= 11 is 0. The SMILES string of the molecule is CC(=O)Nc1ccc(-c2ccc(C(=O)NCC3COc4ccccc4O3)cn2)cc1. The molecule has 1 aliphatic heterocycles. The minimum Gasteiger partial charge on any atom is -0.486 e. The zero-order chi connectivity index (χ0) is 20.9. The monoisotopic (exact) mass is 403 g/mol. The average Bonchev–Trinajstić information content (AvgIpc) is 2.77. The number of hydrogen-bond donors (Lipinski definition) is 2. The van der Waals surface area contributed by atoms with Crippen LogP contribution in [-0.2, 0) is 4.79 Å². The summed E-state index contributed by atoms with van der Waals surface area (Å²) in [6.07, 6.45) is 1.29. The van der Waals surface area contributed by atoms with E-state index in [1.807, 2.05) is 48.5 Å². The smallest absolute Gasteiger partial charge is 0.252 e. The van der Waals surface area contributed by atoms with Crippen LogP contribution in [0.5, 0.6) is 11.5 Å². The van der Waals surface area contributed by atoms with Crippen molar-refractivity contribution in [1.29, 1.82) is 0 Å². The summed E-state index contributed by atoms with van der Waals surface area (Å²) in [5, 5.41) is 5.58. The molecule has 152 valence electrons. The standard InChI is InChI=1S/C23H21N3O4/c1-15(27)26-18-9-6-16(7-10-18)20-11-8-17(12-24-20)23(28)25-13-19-14-29-21-4-2-3-5-22(21)30-19/h2-12,19H,13-14H2,1H3,(H,25,28)(H,26,27). The molecule has 3 aromatic rings. The van der Waals surface area contributed by atoms with E-state index >= 15 is 0 Å². The predicted octanol–water partition coefficient (Wildman–Crippen LogP) is 3.28. The summed E-state index contributed by atoms with van der Waals surface area (Å²) in [6, 6.07) is 18.3. The first-order chi connectivity index (χ1) is 14.6. The number of aromatic nitrogens is 1. The first kappa shape index (κ1) is 19.4. The summed E-state index contributed by atoms with van der Waals surface area (Å²) in [5.74, 6) is 1.05. The molecule has 7 heteroatoms. The van der Waals surface area contributed by atoms with Crippen LogP contribution in [-0.4, -0.2) is 36.1 Å². The van der Waals surface area contributed by atoms with Crippen LogP contribution in [0.15, 0.2) is 66.9 Å². The van der Waals surface area contributed by atoms with Crippen LogP contribution in [0.1, 0.15) is 17.3 Å². The summed E-state index contributed by atoms with van der Waals surface area (Å²) in [5.41, 5.74) is 2.81. The fraction of sp³-hybridized carbons (Fsp3) is 0.174. The summed E-state index contributed by atoms with van der Waals surface area (Å²) in [6.45, 7) is 2.17. The third kappa shape index (κ3) is 4.57. The van der Waals surface area contributed by atoms with E-state index in [0.29, 0.717) is 30.2 Å². The zero-order valence-corrected chi connectivity index (χ0v) is 16.4. The number of carbonyl (C=O) groups is 2. The van der Waals surface area contributed by atoms with Crippen molar-refractivity contribution in [3.8, 4) is 22.8 Å². The molecule has 0 bridgehead atoms. The Bertz CT molecular complexity index is 1050. The quantitative estimate of drug-likeness (QED) is 0.682. The van der Waals surface area contributed by atoms with Gasteiger partial charge >= 0.3 is 0 Å². The number of anilines is 1. The van der Waals surface area contributed by atoms with Crippen molar-refractivity contribution < 1.29 is 19.1 Å². The van der Waals surface area contributed by atoms with E-state index in [4.69, 9.17) is 9.47 Å². The highest BCUT2D eigenvalue weighted by atomic mass is 16.6. The molecule has 30 heavy (non-hydrogen) atoms. The van der Waals surface area contributed by atoms with Gasteiger partial charge in [0.15, 0.2) is 11.5 Å². The molecule has 2 N–H and O–H groups in total. The molecule has 0 saturated carbocycles. The van der Waals surface area contributed by atoms with Gasteiger partial charge in [0.2, 0.25) is 5.91 Å². The van der Waals surface area contributed by atoms with Crippen molar-refractivity contribution in [3.63, 3.8) is 0 Å². The minimum atomic E-state index is -0.252. The molecule has 0 aliphatic carbocycles. The van der Waals surface area contributed by atoms with Gasteiger partial charge in [-0.3, -0.25) is 14.6 Å². The van der Waals surface area contributed by atoms with Gasteiger partial charge in [-0.1, -0.05) is 24.3 Å². The molecule has 2 heterocycles. The Kier molecular flexibility index (Phi) is 5.61. The van der Waals surface area contributed by atoms with Crippen LogP contribution in [0, 0.1) is 0 Å². The van der Waals surface area contributed by atoms with Crippen molar-refractivity contribution in [2.24, 2.45) is 0 Å². The molecule has 2 amide bonds. The molecule has 0 fully saturated rings. The van der Waals surface area contributed by atoms with Crippen molar-refractivity contribution in [1.82, 2.24) is 10.3 Å². The molecule has 1 unspecified atom stereocenters. The number of amides is 2. The summed E-state index contributed by atoms with van der Waals surface area (Å²) in [4.78, 5) is 27.9. The van der Waals surface area contributed by atoms with Crippen molar-refractivity contribution in [3.05, 3.63) is 72.4 Å². The van der Waals surface area contributed by atoms with E-state index in [-0.39, 0.29) is 17.9 Å². The summed E-state index contributed by atoms with van der Waals surface area (Å²) < 4.78 is 11.5. The fourth-order valence-corrected chi connectivity index (χ4v) is 3.10. The molecule has 0 saturated heterocycles.